The number of hydrogen-bond acceptors (Lipinski definition) is 4. The van der Waals surface area contributed by atoms with Crippen LogP contribution in [0.25, 0.3) is 11.0 Å². The van der Waals surface area contributed by atoms with Crippen LogP contribution in [0.1, 0.15) is 12.7 Å². The van der Waals surface area contributed by atoms with Crippen molar-refractivity contribution in [1.82, 2.24) is 14.3 Å². The molecule has 1 aromatic heterocycles. The first-order chi connectivity index (χ1) is 12.1. The fourth-order valence-corrected chi connectivity index (χ4v) is 3.39. The number of amides is 2. The normalized spacial score (nSPS) is 10.7. The number of anilines is 1. The van der Waals surface area contributed by atoms with Crippen LogP contribution in [0.15, 0.2) is 47.4 Å². The summed E-state index contributed by atoms with van der Waals surface area (Å²) in [6.07, 6.45) is 0. The van der Waals surface area contributed by atoms with E-state index in [2.05, 4.69) is 26.5 Å². The molecule has 0 atom stereocenters. The van der Waals surface area contributed by atoms with Crippen molar-refractivity contribution in [2.75, 3.05) is 12.4 Å². The fraction of sp³-hybridized carbons (Fsp3) is 0.222. The minimum Gasteiger partial charge on any atom is -0.496 e. The van der Waals surface area contributed by atoms with Gasteiger partial charge in [0.2, 0.25) is 0 Å². The average molecular weight is 356 g/mol. The number of carbonyl (C=O) groups is 1. The van der Waals surface area contributed by atoms with E-state index in [0.717, 1.165) is 39.7 Å². The predicted octanol–water partition coefficient (Wildman–Crippen LogP) is 4.20. The Morgan fingerprint density at radius 2 is 2.04 bits per heavy atom. The number of carbonyl (C=O) groups excluding carboxylic acids is 1. The van der Waals surface area contributed by atoms with E-state index >= 15 is 0 Å². The van der Waals surface area contributed by atoms with Gasteiger partial charge in [0.05, 0.1) is 28.7 Å². The molecule has 2 aromatic carbocycles. The number of aromatic nitrogens is 2. The van der Waals surface area contributed by atoms with Crippen LogP contribution in [-0.4, -0.2) is 22.7 Å². The lowest BCUT2D eigenvalue weighted by Gasteiger charge is -2.11. The Balaban J connectivity index is 1.76. The number of hydrogen-bond donors (Lipinski definition) is 2. The highest BCUT2D eigenvalue weighted by Gasteiger charge is 2.13. The second kappa shape index (κ2) is 7.48. The predicted molar refractivity (Wildman–Crippen MR) is 101 cm³/mol. The van der Waals surface area contributed by atoms with E-state index in [4.69, 9.17) is 4.74 Å². The number of para-hydroxylation sites is 2. The molecule has 0 aliphatic rings. The van der Waals surface area contributed by atoms with Gasteiger partial charge in [-0.2, -0.15) is 0 Å². The molecule has 0 bridgehead atoms. The number of methoxy groups -OCH3 is 1. The van der Waals surface area contributed by atoms with E-state index in [1.165, 1.54) is 11.9 Å². The Labute approximate surface area is 150 Å². The van der Waals surface area contributed by atoms with Crippen molar-refractivity contribution in [3.63, 3.8) is 0 Å². The number of benzene rings is 2. The molecule has 2 N–H and O–H groups in total. The molecule has 0 spiro atoms. The number of ether oxygens (including phenoxy) is 1. The van der Waals surface area contributed by atoms with Gasteiger partial charge in [0.25, 0.3) is 0 Å². The van der Waals surface area contributed by atoms with Crippen molar-refractivity contribution in [2.24, 2.45) is 0 Å². The maximum atomic E-state index is 12.3. The lowest BCUT2D eigenvalue weighted by molar-refractivity contribution is 0.257. The summed E-state index contributed by atoms with van der Waals surface area (Å²) < 4.78 is 10.2. The molecule has 0 saturated heterocycles. The topological polar surface area (TPSA) is 68.2 Å². The van der Waals surface area contributed by atoms with Gasteiger partial charge in [0, 0.05) is 6.54 Å². The largest absolute Gasteiger partial charge is 0.496 e. The zero-order valence-corrected chi connectivity index (χ0v) is 15.2. The number of imidazole rings is 1. The Bertz CT molecular complexity index is 907. The number of urea groups is 1. The van der Waals surface area contributed by atoms with Crippen molar-refractivity contribution in [3.05, 3.63) is 48.3 Å². The molecule has 0 unspecified atom stereocenters. The quantitative estimate of drug-likeness (QED) is 0.672. The molecule has 0 aliphatic heterocycles. The standard InChI is InChI=1S/C18H20N4O2S/c1-4-22-12(2)19-13-8-7-9-14(17(13)22)20-18(23)21-25-16-11-6-5-10-15(16)24-3/h5-11H,4H2,1-3H3,(H2,20,21,23). The van der Waals surface area contributed by atoms with E-state index in [9.17, 15) is 4.79 Å². The summed E-state index contributed by atoms with van der Waals surface area (Å²) in [7, 11) is 1.61. The Morgan fingerprint density at radius 1 is 1.24 bits per heavy atom. The molecule has 25 heavy (non-hydrogen) atoms. The lowest BCUT2D eigenvalue weighted by Crippen LogP contribution is -2.23. The second-order valence-corrected chi connectivity index (χ2v) is 6.23. The molecule has 3 rings (SSSR count). The molecule has 3 aromatic rings. The molecule has 1 heterocycles. The second-order valence-electron chi connectivity index (χ2n) is 5.39. The van der Waals surface area contributed by atoms with Crippen molar-refractivity contribution in [3.8, 4) is 5.75 Å². The third kappa shape index (κ3) is 3.56. The number of rotatable bonds is 5. The zero-order valence-electron chi connectivity index (χ0n) is 14.4. The van der Waals surface area contributed by atoms with Gasteiger partial charge in [-0.05, 0) is 50.1 Å². The number of nitrogens with zero attached hydrogens (tertiary/aromatic N) is 2. The van der Waals surface area contributed by atoms with Crippen LogP contribution in [0.4, 0.5) is 10.5 Å². The van der Waals surface area contributed by atoms with Crippen LogP contribution in [0.2, 0.25) is 0 Å². The summed E-state index contributed by atoms with van der Waals surface area (Å²) in [6, 6.07) is 12.9. The molecule has 6 nitrogen and oxygen atoms in total. The zero-order chi connectivity index (χ0) is 17.8. The number of fused-ring (bicyclic) bond motifs is 1. The first kappa shape index (κ1) is 17.2. The van der Waals surface area contributed by atoms with Crippen LogP contribution < -0.4 is 14.8 Å². The van der Waals surface area contributed by atoms with E-state index in [1.807, 2.05) is 49.4 Å². The van der Waals surface area contributed by atoms with E-state index in [0.29, 0.717) is 0 Å². The summed E-state index contributed by atoms with van der Waals surface area (Å²) in [5.41, 5.74) is 2.53. The summed E-state index contributed by atoms with van der Waals surface area (Å²) >= 11 is 1.21. The van der Waals surface area contributed by atoms with Gasteiger partial charge in [0.1, 0.15) is 11.6 Å². The molecular weight excluding hydrogens is 336 g/mol. The molecule has 7 heteroatoms. The smallest absolute Gasteiger partial charge is 0.329 e. The average Bonchev–Trinajstić information content (AvgIpc) is 2.96. The van der Waals surface area contributed by atoms with Gasteiger partial charge >= 0.3 is 6.03 Å². The highest BCUT2D eigenvalue weighted by Crippen LogP contribution is 2.27. The van der Waals surface area contributed by atoms with Crippen molar-refractivity contribution >= 4 is 34.7 Å². The molecule has 0 aliphatic carbocycles. The van der Waals surface area contributed by atoms with Gasteiger partial charge < -0.3 is 14.6 Å². The SMILES string of the molecule is CCn1c(C)nc2cccc(NC(=O)NSc3ccccc3OC)c21. The number of nitrogens with one attached hydrogen (secondary N) is 2. The van der Waals surface area contributed by atoms with Gasteiger partial charge in [-0.3, -0.25) is 4.72 Å². The highest BCUT2D eigenvalue weighted by molar-refractivity contribution is 7.98. The van der Waals surface area contributed by atoms with E-state index in [1.54, 1.807) is 7.11 Å². The summed E-state index contributed by atoms with van der Waals surface area (Å²) in [5.74, 6) is 1.64. The van der Waals surface area contributed by atoms with Crippen LogP contribution in [0.3, 0.4) is 0 Å². The van der Waals surface area contributed by atoms with E-state index < -0.39 is 0 Å². The first-order valence-electron chi connectivity index (χ1n) is 7.96. The lowest BCUT2D eigenvalue weighted by atomic mass is 10.2. The third-order valence-electron chi connectivity index (χ3n) is 3.84. The Morgan fingerprint density at radius 3 is 2.80 bits per heavy atom. The minimum absolute atomic E-state index is 0.301. The van der Waals surface area contributed by atoms with E-state index in [-0.39, 0.29) is 6.03 Å². The fourth-order valence-electron chi connectivity index (χ4n) is 2.74. The third-order valence-corrected chi connectivity index (χ3v) is 4.69. The molecule has 130 valence electrons. The monoisotopic (exact) mass is 356 g/mol. The highest BCUT2D eigenvalue weighted by atomic mass is 32.2. The number of aryl methyl sites for hydroxylation is 2. The van der Waals surface area contributed by atoms with Crippen LogP contribution >= 0.6 is 11.9 Å². The molecule has 2 amide bonds. The maximum absolute atomic E-state index is 12.3. The van der Waals surface area contributed by atoms with Crippen molar-refractivity contribution in [2.45, 2.75) is 25.3 Å². The van der Waals surface area contributed by atoms with Crippen LogP contribution in [0, 0.1) is 6.92 Å². The first-order valence-corrected chi connectivity index (χ1v) is 8.78. The molecule has 0 fully saturated rings. The van der Waals surface area contributed by atoms with Crippen LogP contribution in [-0.2, 0) is 6.54 Å². The molecule has 0 radical (unpaired) electrons. The Kier molecular flexibility index (Phi) is 5.14. The molecular formula is C18H20N4O2S. The van der Waals surface area contributed by atoms with Crippen molar-refractivity contribution < 1.29 is 9.53 Å². The maximum Gasteiger partial charge on any atom is 0.329 e. The van der Waals surface area contributed by atoms with Crippen LogP contribution in [0.5, 0.6) is 5.75 Å². The van der Waals surface area contributed by atoms with Gasteiger partial charge in [-0.25, -0.2) is 9.78 Å². The Hall–Kier alpha value is -2.67. The summed E-state index contributed by atoms with van der Waals surface area (Å²) in [6.45, 7) is 4.81. The van der Waals surface area contributed by atoms with Gasteiger partial charge in [0.15, 0.2) is 0 Å². The molecule has 0 saturated carbocycles. The van der Waals surface area contributed by atoms with Crippen molar-refractivity contribution in [1.29, 1.82) is 0 Å². The van der Waals surface area contributed by atoms with Gasteiger partial charge in [-0.15, -0.1) is 0 Å². The van der Waals surface area contributed by atoms with Gasteiger partial charge in [-0.1, -0.05) is 18.2 Å². The minimum atomic E-state index is -0.301. The summed E-state index contributed by atoms with van der Waals surface area (Å²) in [4.78, 5) is 17.7. The summed E-state index contributed by atoms with van der Waals surface area (Å²) in [5, 5.41) is 2.91.